The van der Waals surface area contributed by atoms with E-state index in [4.69, 9.17) is 0 Å². The summed E-state index contributed by atoms with van der Waals surface area (Å²) in [6.07, 6.45) is 4.00. The molecule has 0 bridgehead atoms. The van der Waals surface area contributed by atoms with Gasteiger partial charge in [0.2, 0.25) is 0 Å². The molecule has 21 heavy (non-hydrogen) atoms. The summed E-state index contributed by atoms with van der Waals surface area (Å²) >= 11 is 0. The van der Waals surface area contributed by atoms with Gasteiger partial charge in [-0.1, -0.05) is 44.2 Å². The molecule has 3 aromatic rings. The number of hydrogen-bond acceptors (Lipinski definition) is 1. The van der Waals surface area contributed by atoms with Crippen molar-refractivity contribution in [2.24, 2.45) is 0 Å². The fourth-order valence-electron chi connectivity index (χ4n) is 2.72. The lowest BCUT2D eigenvalue weighted by Gasteiger charge is -2.09. The molecule has 1 aromatic carbocycles. The van der Waals surface area contributed by atoms with Gasteiger partial charge >= 0.3 is 0 Å². The summed E-state index contributed by atoms with van der Waals surface area (Å²) in [5.74, 6) is 0.567. The number of benzene rings is 1. The third kappa shape index (κ3) is 2.38. The molecular formula is C19H19NO. The Hall–Kier alpha value is -2.35. The summed E-state index contributed by atoms with van der Waals surface area (Å²) in [5, 5.41) is 0. The minimum Gasteiger partial charge on any atom is -0.314 e. The van der Waals surface area contributed by atoms with Gasteiger partial charge in [-0.3, -0.25) is 4.79 Å². The summed E-state index contributed by atoms with van der Waals surface area (Å²) in [6.45, 7) is 4.43. The summed E-state index contributed by atoms with van der Waals surface area (Å²) in [5.41, 5.74) is 5.18. The Kier molecular flexibility index (Phi) is 3.61. The molecule has 2 aromatic heterocycles. The van der Waals surface area contributed by atoms with E-state index in [-0.39, 0.29) is 0 Å². The van der Waals surface area contributed by atoms with E-state index in [1.807, 2.05) is 28.8 Å². The molecule has 0 radical (unpaired) electrons. The Morgan fingerprint density at radius 2 is 1.90 bits per heavy atom. The standard InChI is InChI=1S/C19H19NO/c1-3-14(2)15-7-9-16(10-8-15)18-12-17-6-4-5-11-20(17)19(18)13-21/h4-14H,3H2,1-2H3. The van der Waals surface area contributed by atoms with Gasteiger partial charge in [0.25, 0.3) is 0 Å². The Labute approximate surface area is 125 Å². The first-order valence-electron chi connectivity index (χ1n) is 7.40. The normalized spacial score (nSPS) is 12.5. The first kappa shape index (κ1) is 13.6. The fraction of sp³-hybridized carbons (Fsp3) is 0.211. The van der Waals surface area contributed by atoms with Crippen molar-refractivity contribution in [2.75, 3.05) is 0 Å². The van der Waals surface area contributed by atoms with Crippen LogP contribution >= 0.6 is 0 Å². The molecule has 0 N–H and O–H groups in total. The van der Waals surface area contributed by atoms with Crippen molar-refractivity contribution in [3.63, 3.8) is 0 Å². The van der Waals surface area contributed by atoms with Crippen molar-refractivity contribution < 1.29 is 4.79 Å². The van der Waals surface area contributed by atoms with Crippen LogP contribution in [0.4, 0.5) is 0 Å². The smallest absolute Gasteiger partial charge is 0.167 e. The van der Waals surface area contributed by atoms with Gasteiger partial charge in [0.15, 0.2) is 6.29 Å². The van der Waals surface area contributed by atoms with Gasteiger partial charge in [0.1, 0.15) is 0 Å². The van der Waals surface area contributed by atoms with Gasteiger partial charge < -0.3 is 4.40 Å². The summed E-state index contributed by atoms with van der Waals surface area (Å²) in [6, 6.07) is 16.6. The molecule has 0 saturated carbocycles. The molecule has 0 fully saturated rings. The third-order valence-corrected chi connectivity index (χ3v) is 4.23. The van der Waals surface area contributed by atoms with Crippen molar-refractivity contribution in [3.8, 4) is 11.1 Å². The molecule has 106 valence electrons. The number of carbonyl (C=O) groups excluding carboxylic acids is 1. The van der Waals surface area contributed by atoms with Crippen LogP contribution in [0.5, 0.6) is 0 Å². The van der Waals surface area contributed by atoms with Crippen molar-refractivity contribution in [2.45, 2.75) is 26.2 Å². The van der Waals surface area contributed by atoms with Gasteiger partial charge in [-0.2, -0.15) is 0 Å². The second-order valence-electron chi connectivity index (χ2n) is 5.49. The number of nitrogens with zero attached hydrogens (tertiary/aromatic N) is 1. The van der Waals surface area contributed by atoms with E-state index in [1.165, 1.54) is 5.56 Å². The molecule has 1 unspecified atom stereocenters. The average Bonchev–Trinajstić information content (AvgIpc) is 2.92. The number of pyridine rings is 1. The maximum Gasteiger partial charge on any atom is 0.167 e. The topological polar surface area (TPSA) is 21.5 Å². The second-order valence-corrected chi connectivity index (χ2v) is 5.49. The number of fused-ring (bicyclic) bond motifs is 1. The molecule has 0 saturated heterocycles. The maximum atomic E-state index is 11.5. The van der Waals surface area contributed by atoms with E-state index in [2.05, 4.69) is 44.2 Å². The molecule has 0 aliphatic rings. The maximum absolute atomic E-state index is 11.5. The first-order valence-corrected chi connectivity index (χ1v) is 7.40. The Balaban J connectivity index is 2.09. The zero-order valence-corrected chi connectivity index (χ0v) is 12.4. The van der Waals surface area contributed by atoms with Crippen LogP contribution in [0.15, 0.2) is 54.7 Å². The minimum absolute atomic E-state index is 0.567. The van der Waals surface area contributed by atoms with E-state index < -0.39 is 0 Å². The minimum atomic E-state index is 0.567. The summed E-state index contributed by atoms with van der Waals surface area (Å²) < 4.78 is 1.94. The van der Waals surface area contributed by atoms with Crippen LogP contribution in [0.25, 0.3) is 16.6 Å². The molecule has 1 atom stereocenters. The quantitative estimate of drug-likeness (QED) is 0.619. The summed E-state index contributed by atoms with van der Waals surface area (Å²) in [7, 11) is 0. The van der Waals surface area contributed by atoms with Gasteiger partial charge in [-0.15, -0.1) is 0 Å². The van der Waals surface area contributed by atoms with E-state index in [0.717, 1.165) is 29.4 Å². The largest absolute Gasteiger partial charge is 0.314 e. The van der Waals surface area contributed by atoms with Gasteiger partial charge in [0.05, 0.1) is 5.69 Å². The van der Waals surface area contributed by atoms with Crippen molar-refractivity contribution >= 4 is 11.8 Å². The van der Waals surface area contributed by atoms with E-state index in [0.29, 0.717) is 11.6 Å². The number of aldehydes is 1. The predicted molar refractivity (Wildman–Crippen MR) is 86.9 cm³/mol. The number of hydrogen-bond donors (Lipinski definition) is 0. The fourth-order valence-corrected chi connectivity index (χ4v) is 2.72. The first-order chi connectivity index (χ1) is 10.2. The highest BCUT2D eigenvalue weighted by atomic mass is 16.1. The van der Waals surface area contributed by atoms with Crippen LogP contribution in [0.1, 0.15) is 42.2 Å². The van der Waals surface area contributed by atoms with E-state index >= 15 is 0 Å². The lowest BCUT2D eigenvalue weighted by Crippen LogP contribution is -1.93. The van der Waals surface area contributed by atoms with Gasteiger partial charge in [-0.25, -0.2) is 0 Å². The molecule has 2 heteroatoms. The van der Waals surface area contributed by atoms with Crippen molar-refractivity contribution in [1.29, 1.82) is 0 Å². The molecule has 0 spiro atoms. The number of aromatic nitrogens is 1. The van der Waals surface area contributed by atoms with Gasteiger partial charge in [0, 0.05) is 17.3 Å². The van der Waals surface area contributed by atoms with Crippen LogP contribution in [-0.4, -0.2) is 10.7 Å². The van der Waals surface area contributed by atoms with E-state index in [9.17, 15) is 4.79 Å². The molecule has 2 nitrogen and oxygen atoms in total. The highest BCUT2D eigenvalue weighted by molar-refractivity contribution is 5.89. The van der Waals surface area contributed by atoms with Crippen LogP contribution in [-0.2, 0) is 0 Å². The number of carbonyl (C=O) groups is 1. The summed E-state index contributed by atoms with van der Waals surface area (Å²) in [4.78, 5) is 11.5. The van der Waals surface area contributed by atoms with Gasteiger partial charge in [-0.05, 0) is 41.7 Å². The molecule has 2 heterocycles. The highest BCUT2D eigenvalue weighted by Gasteiger charge is 2.11. The molecule has 0 aliphatic heterocycles. The van der Waals surface area contributed by atoms with E-state index in [1.54, 1.807) is 0 Å². The van der Waals surface area contributed by atoms with Crippen molar-refractivity contribution in [1.82, 2.24) is 4.40 Å². The van der Waals surface area contributed by atoms with Crippen LogP contribution < -0.4 is 0 Å². The second kappa shape index (κ2) is 5.57. The zero-order chi connectivity index (χ0) is 14.8. The SMILES string of the molecule is CCC(C)c1ccc(-c2cc3ccccn3c2C=O)cc1. The lowest BCUT2D eigenvalue weighted by atomic mass is 9.96. The average molecular weight is 277 g/mol. The molecule has 3 rings (SSSR count). The lowest BCUT2D eigenvalue weighted by molar-refractivity contribution is 0.111. The Morgan fingerprint density at radius 3 is 2.57 bits per heavy atom. The zero-order valence-electron chi connectivity index (χ0n) is 12.4. The highest BCUT2D eigenvalue weighted by Crippen LogP contribution is 2.28. The predicted octanol–water partition coefficient (Wildman–Crippen LogP) is 4.93. The van der Waals surface area contributed by atoms with Crippen LogP contribution in [0, 0.1) is 0 Å². The van der Waals surface area contributed by atoms with Crippen molar-refractivity contribution in [3.05, 3.63) is 66.0 Å². The van der Waals surface area contributed by atoms with Crippen LogP contribution in [0.2, 0.25) is 0 Å². The Bertz CT molecular complexity index is 768. The Morgan fingerprint density at radius 1 is 1.14 bits per heavy atom. The van der Waals surface area contributed by atoms with Crippen LogP contribution in [0.3, 0.4) is 0 Å². The monoisotopic (exact) mass is 277 g/mol. The molecule has 0 aliphatic carbocycles. The molecule has 0 amide bonds. The number of rotatable bonds is 4. The third-order valence-electron chi connectivity index (χ3n) is 4.23. The molecular weight excluding hydrogens is 258 g/mol.